The lowest BCUT2D eigenvalue weighted by Crippen LogP contribution is -2.67. The number of amides is 1. The molecule has 4 aliphatic rings. The fourth-order valence-corrected chi connectivity index (χ4v) is 9.20. The van der Waals surface area contributed by atoms with Crippen molar-refractivity contribution in [3.8, 4) is 5.75 Å². The number of hydrogen-bond donors (Lipinski definition) is 1. The molecule has 5 nitrogen and oxygen atoms in total. The standard InChI is InChI=1S/C31H41N3O2/c1-5-26-28-23(20-34(26)29(36)21-9-7-6-8-10-21)19-30(2)27-17-22-11-12-24(35)18-25(22)31(28,30)13-14-33(27)16-15-32(3)4/h6-12,18,23,26-28,35H,5,13-17,19-20H2,1-4H3/t23-,26?,27?,28?,30?,31?/m1/s1. The van der Waals surface area contributed by atoms with E-state index in [4.69, 9.17) is 0 Å². The van der Waals surface area contributed by atoms with Gasteiger partial charge in [0.1, 0.15) is 5.75 Å². The van der Waals surface area contributed by atoms with E-state index in [9.17, 15) is 9.90 Å². The second kappa shape index (κ2) is 8.59. The third-order valence-corrected chi connectivity index (χ3v) is 10.5. The third kappa shape index (κ3) is 3.24. The zero-order valence-corrected chi connectivity index (χ0v) is 22.3. The Labute approximate surface area is 216 Å². The molecular weight excluding hydrogens is 446 g/mol. The van der Waals surface area contributed by atoms with Crippen LogP contribution in [0.3, 0.4) is 0 Å². The molecule has 0 radical (unpaired) electrons. The molecule has 2 aliphatic carbocycles. The first kappa shape index (κ1) is 24.0. The maximum atomic E-state index is 13.7. The number of nitrogens with zero attached hydrogens (tertiary/aromatic N) is 3. The van der Waals surface area contributed by atoms with Gasteiger partial charge in [-0.2, -0.15) is 0 Å². The quantitative estimate of drug-likeness (QED) is 0.679. The number of piperidine rings is 1. The Hall–Kier alpha value is -2.37. The van der Waals surface area contributed by atoms with Crippen molar-refractivity contribution in [3.05, 3.63) is 65.2 Å². The normalized spacial score (nSPS) is 35.0. The number of rotatable bonds is 5. The summed E-state index contributed by atoms with van der Waals surface area (Å²) in [6, 6.07) is 16.7. The maximum absolute atomic E-state index is 13.7. The number of aromatic hydroxyl groups is 1. The molecule has 2 bridgehead atoms. The predicted octanol–water partition coefficient (Wildman–Crippen LogP) is 4.40. The van der Waals surface area contributed by atoms with Gasteiger partial charge in [-0.25, -0.2) is 0 Å². The summed E-state index contributed by atoms with van der Waals surface area (Å²) in [5, 5.41) is 10.7. The molecule has 1 saturated carbocycles. The first-order valence-electron chi connectivity index (χ1n) is 13.9. The van der Waals surface area contributed by atoms with Crippen molar-refractivity contribution < 1.29 is 9.90 Å². The lowest BCUT2D eigenvalue weighted by Gasteiger charge is -2.63. The molecule has 0 aromatic heterocycles. The van der Waals surface area contributed by atoms with Crippen LogP contribution in [0, 0.1) is 17.3 Å². The zero-order chi connectivity index (χ0) is 25.2. The minimum atomic E-state index is -0.00430. The Morgan fingerprint density at radius 1 is 1.17 bits per heavy atom. The van der Waals surface area contributed by atoms with Crippen LogP contribution in [-0.2, 0) is 11.8 Å². The van der Waals surface area contributed by atoms with Crippen LogP contribution in [0.4, 0.5) is 0 Å². The predicted molar refractivity (Wildman–Crippen MR) is 143 cm³/mol. The van der Waals surface area contributed by atoms with Gasteiger partial charge in [-0.15, -0.1) is 0 Å². The third-order valence-electron chi connectivity index (χ3n) is 10.5. The van der Waals surface area contributed by atoms with Gasteiger partial charge in [0.05, 0.1) is 0 Å². The van der Waals surface area contributed by atoms with Crippen LogP contribution in [-0.4, -0.2) is 78.1 Å². The van der Waals surface area contributed by atoms with Gasteiger partial charge in [-0.3, -0.25) is 9.69 Å². The van der Waals surface area contributed by atoms with E-state index in [0.717, 1.165) is 57.4 Å². The molecule has 2 aromatic rings. The second-order valence-corrected chi connectivity index (χ2v) is 12.3. The van der Waals surface area contributed by atoms with Crippen molar-refractivity contribution >= 4 is 5.91 Å². The van der Waals surface area contributed by atoms with E-state index in [1.807, 2.05) is 36.4 Å². The molecule has 192 valence electrons. The summed E-state index contributed by atoms with van der Waals surface area (Å²) in [5.41, 5.74) is 3.73. The van der Waals surface area contributed by atoms with Crippen molar-refractivity contribution in [1.29, 1.82) is 0 Å². The molecule has 2 aromatic carbocycles. The minimum absolute atomic E-state index is 0.00430. The van der Waals surface area contributed by atoms with Crippen molar-refractivity contribution in [2.24, 2.45) is 17.3 Å². The molecule has 2 heterocycles. The molecule has 5 unspecified atom stereocenters. The Kier molecular flexibility index (Phi) is 5.73. The summed E-state index contributed by atoms with van der Waals surface area (Å²) in [5.74, 6) is 1.49. The van der Waals surface area contributed by atoms with E-state index >= 15 is 0 Å². The number of likely N-dealkylation sites (tertiary alicyclic amines) is 2. The molecule has 6 atom stereocenters. The molecule has 2 aliphatic heterocycles. The van der Waals surface area contributed by atoms with Crippen LogP contribution in [0.15, 0.2) is 48.5 Å². The van der Waals surface area contributed by atoms with Crippen LogP contribution >= 0.6 is 0 Å². The average molecular weight is 488 g/mol. The summed E-state index contributed by atoms with van der Waals surface area (Å²) in [7, 11) is 4.33. The molecule has 1 amide bonds. The number of hydrogen-bond acceptors (Lipinski definition) is 4. The molecule has 1 N–H and O–H groups in total. The lowest BCUT2D eigenvalue weighted by atomic mass is 9.48. The zero-order valence-electron chi connectivity index (χ0n) is 22.3. The first-order valence-corrected chi connectivity index (χ1v) is 13.9. The highest BCUT2D eigenvalue weighted by molar-refractivity contribution is 5.94. The molecule has 0 spiro atoms. The number of phenols is 1. The first-order chi connectivity index (χ1) is 17.3. The van der Waals surface area contributed by atoms with Gasteiger partial charge in [0, 0.05) is 42.7 Å². The van der Waals surface area contributed by atoms with Gasteiger partial charge < -0.3 is 14.9 Å². The van der Waals surface area contributed by atoms with E-state index in [2.05, 4.69) is 54.8 Å². The Bertz CT molecular complexity index is 1150. The SMILES string of the molecule is CCC1C2[C@@H](CN1C(=O)c1ccccc1)CC1(C)C3Cc4ccc(O)cc4C21CCN3CCN(C)C. The fraction of sp³-hybridized carbons (Fsp3) is 0.581. The number of likely N-dealkylation sites (N-methyl/N-ethyl adjacent to an activating group) is 1. The number of benzene rings is 2. The van der Waals surface area contributed by atoms with Crippen molar-refractivity contribution in [3.63, 3.8) is 0 Å². The molecule has 5 heteroatoms. The summed E-state index contributed by atoms with van der Waals surface area (Å²) in [6.45, 7) is 8.94. The summed E-state index contributed by atoms with van der Waals surface area (Å²) >= 11 is 0. The van der Waals surface area contributed by atoms with E-state index in [0.29, 0.717) is 23.6 Å². The highest BCUT2D eigenvalue weighted by Gasteiger charge is 2.72. The Balaban J connectivity index is 1.44. The molecule has 6 rings (SSSR count). The maximum Gasteiger partial charge on any atom is 0.254 e. The topological polar surface area (TPSA) is 47.0 Å². The average Bonchev–Trinajstić information content (AvgIpc) is 3.35. The number of fused-ring (bicyclic) bond motifs is 2. The van der Waals surface area contributed by atoms with Crippen LogP contribution in [0.2, 0.25) is 0 Å². The van der Waals surface area contributed by atoms with Gasteiger partial charge in [0.15, 0.2) is 0 Å². The van der Waals surface area contributed by atoms with Crippen LogP contribution in [0.5, 0.6) is 5.75 Å². The summed E-state index contributed by atoms with van der Waals surface area (Å²) in [6.07, 6.45) is 4.30. The summed E-state index contributed by atoms with van der Waals surface area (Å²) in [4.78, 5) is 21.0. The molecule has 36 heavy (non-hydrogen) atoms. The highest BCUT2D eigenvalue weighted by Crippen LogP contribution is 2.71. The highest BCUT2D eigenvalue weighted by atomic mass is 16.3. The molecular formula is C31H41N3O2. The summed E-state index contributed by atoms with van der Waals surface area (Å²) < 4.78 is 0. The van der Waals surface area contributed by atoms with Gasteiger partial charge >= 0.3 is 0 Å². The van der Waals surface area contributed by atoms with Crippen molar-refractivity contribution in [2.75, 3.05) is 40.3 Å². The van der Waals surface area contributed by atoms with Crippen LogP contribution in [0.1, 0.15) is 54.6 Å². The lowest BCUT2D eigenvalue weighted by molar-refractivity contribution is -0.0626. The van der Waals surface area contributed by atoms with Gasteiger partial charge in [0.25, 0.3) is 5.91 Å². The van der Waals surface area contributed by atoms with Crippen molar-refractivity contribution in [1.82, 2.24) is 14.7 Å². The van der Waals surface area contributed by atoms with E-state index in [1.165, 1.54) is 11.1 Å². The van der Waals surface area contributed by atoms with Gasteiger partial charge in [-0.05, 0) is 99.0 Å². The Morgan fingerprint density at radius 3 is 2.67 bits per heavy atom. The Morgan fingerprint density at radius 2 is 1.94 bits per heavy atom. The van der Waals surface area contributed by atoms with E-state index < -0.39 is 0 Å². The second-order valence-electron chi connectivity index (χ2n) is 12.3. The smallest absolute Gasteiger partial charge is 0.254 e. The number of carbonyl (C=O) groups excluding carboxylic acids is 1. The molecule has 2 saturated heterocycles. The van der Waals surface area contributed by atoms with Crippen LogP contribution < -0.4 is 0 Å². The van der Waals surface area contributed by atoms with Gasteiger partial charge in [-0.1, -0.05) is 38.1 Å². The monoisotopic (exact) mass is 487 g/mol. The van der Waals surface area contributed by atoms with Crippen molar-refractivity contribution in [2.45, 2.75) is 57.0 Å². The van der Waals surface area contributed by atoms with Gasteiger partial charge in [0.2, 0.25) is 0 Å². The number of carbonyl (C=O) groups is 1. The van der Waals surface area contributed by atoms with E-state index in [1.54, 1.807) is 0 Å². The fourth-order valence-electron chi connectivity index (χ4n) is 9.20. The minimum Gasteiger partial charge on any atom is -0.508 e. The van der Waals surface area contributed by atoms with E-state index in [-0.39, 0.29) is 22.8 Å². The van der Waals surface area contributed by atoms with Crippen LogP contribution in [0.25, 0.3) is 0 Å². The molecule has 3 fully saturated rings. The number of phenolic OH excluding ortho intramolecular Hbond substituents is 1. The largest absolute Gasteiger partial charge is 0.508 e.